The lowest BCUT2D eigenvalue weighted by Gasteiger charge is -2.08. The van der Waals surface area contributed by atoms with Gasteiger partial charge in [0.2, 0.25) is 5.52 Å². The molecule has 3 rings (SSSR count). The minimum absolute atomic E-state index is 0.0253. The molecule has 3 heteroatoms. The van der Waals surface area contributed by atoms with Crippen LogP contribution in [0.15, 0.2) is 54.9 Å². The quantitative estimate of drug-likeness (QED) is 0.561. The highest BCUT2D eigenvalue weighted by atomic mass is 16.1. The number of rotatable bonds is 2. The molecule has 0 unspecified atom stereocenters. The van der Waals surface area contributed by atoms with E-state index in [2.05, 4.69) is 28.0 Å². The number of hydrogen-bond acceptors (Lipinski definition) is 1. The van der Waals surface area contributed by atoms with Crippen molar-refractivity contribution in [3.05, 3.63) is 60.4 Å². The molecule has 0 fully saturated rings. The molecule has 0 aliphatic heterocycles. The molecule has 0 aliphatic carbocycles. The van der Waals surface area contributed by atoms with Gasteiger partial charge in [0.1, 0.15) is 0 Å². The van der Waals surface area contributed by atoms with Crippen LogP contribution in [-0.2, 0) is 0 Å². The molecule has 2 aromatic heterocycles. The maximum Gasteiger partial charge on any atom is 0.251 e. The van der Waals surface area contributed by atoms with Gasteiger partial charge in [-0.2, -0.15) is 4.40 Å². The van der Waals surface area contributed by atoms with E-state index in [4.69, 9.17) is 0 Å². The SMILES string of the molecule is CC(C)NC(=O)c1ccc2c[n+]3ccccc3cc2c1. The van der Waals surface area contributed by atoms with Gasteiger partial charge >= 0.3 is 0 Å². The number of nitrogens with zero attached hydrogens (tertiary/aromatic N) is 1. The summed E-state index contributed by atoms with van der Waals surface area (Å²) in [5, 5.41) is 5.11. The van der Waals surface area contributed by atoms with Crippen molar-refractivity contribution in [2.45, 2.75) is 19.9 Å². The lowest BCUT2D eigenvalue weighted by molar-refractivity contribution is -0.510. The van der Waals surface area contributed by atoms with E-state index in [9.17, 15) is 4.79 Å². The number of carbonyl (C=O) groups excluding carboxylic acids is 1. The fourth-order valence-electron chi connectivity index (χ4n) is 2.32. The highest BCUT2D eigenvalue weighted by molar-refractivity contribution is 5.98. The van der Waals surface area contributed by atoms with Crippen LogP contribution < -0.4 is 9.72 Å². The van der Waals surface area contributed by atoms with Crippen molar-refractivity contribution in [3.8, 4) is 0 Å². The molecule has 3 aromatic rings. The van der Waals surface area contributed by atoms with Crippen LogP contribution in [0.3, 0.4) is 0 Å². The summed E-state index contributed by atoms with van der Waals surface area (Å²) in [7, 11) is 0. The predicted molar refractivity (Wildman–Crippen MR) is 79.7 cm³/mol. The van der Waals surface area contributed by atoms with Crippen LogP contribution in [0, 0.1) is 0 Å². The van der Waals surface area contributed by atoms with E-state index in [1.165, 1.54) is 0 Å². The Kier molecular flexibility index (Phi) is 3.11. The molecule has 0 saturated heterocycles. The number of nitrogens with one attached hydrogen (secondary N) is 1. The maximum atomic E-state index is 12.0. The topological polar surface area (TPSA) is 33.2 Å². The number of fused-ring (bicyclic) bond motifs is 2. The monoisotopic (exact) mass is 265 g/mol. The summed E-state index contributed by atoms with van der Waals surface area (Å²) < 4.78 is 2.08. The van der Waals surface area contributed by atoms with Gasteiger partial charge in [-0.3, -0.25) is 4.79 Å². The lowest BCUT2D eigenvalue weighted by Crippen LogP contribution is -2.30. The first-order chi connectivity index (χ1) is 9.63. The van der Waals surface area contributed by atoms with Gasteiger partial charge in [0.15, 0.2) is 12.4 Å². The van der Waals surface area contributed by atoms with Gasteiger partial charge in [-0.15, -0.1) is 0 Å². The number of carbonyl (C=O) groups is 1. The summed E-state index contributed by atoms with van der Waals surface area (Å²) >= 11 is 0. The van der Waals surface area contributed by atoms with E-state index in [0.717, 1.165) is 16.3 Å². The normalized spacial score (nSPS) is 11.2. The highest BCUT2D eigenvalue weighted by Gasteiger charge is 2.10. The third kappa shape index (κ3) is 2.35. The number of aromatic nitrogens is 1. The molecule has 0 atom stereocenters. The van der Waals surface area contributed by atoms with Gasteiger partial charge in [0.25, 0.3) is 5.91 Å². The second-order valence-electron chi connectivity index (χ2n) is 5.28. The number of amides is 1. The first-order valence-corrected chi connectivity index (χ1v) is 6.78. The molecule has 1 N–H and O–H groups in total. The molecule has 0 saturated carbocycles. The van der Waals surface area contributed by atoms with Gasteiger partial charge in [-0.1, -0.05) is 0 Å². The minimum Gasteiger partial charge on any atom is -0.350 e. The van der Waals surface area contributed by atoms with Crippen LogP contribution in [-0.4, -0.2) is 11.9 Å². The third-order valence-corrected chi connectivity index (χ3v) is 3.27. The Balaban J connectivity index is 2.10. The minimum atomic E-state index is -0.0253. The molecule has 20 heavy (non-hydrogen) atoms. The first-order valence-electron chi connectivity index (χ1n) is 6.78. The van der Waals surface area contributed by atoms with Crippen LogP contribution in [0.4, 0.5) is 0 Å². The standard InChI is InChI=1S/C17H16N2O/c1-12(2)18-17(20)13-6-7-14-11-19-8-4-3-5-16(19)10-15(14)9-13/h3-12H,1-2H3/p+1. The molecular formula is C17H17N2O+. The molecule has 100 valence electrons. The van der Waals surface area contributed by atoms with E-state index in [-0.39, 0.29) is 11.9 Å². The van der Waals surface area contributed by atoms with Crippen LogP contribution in [0.5, 0.6) is 0 Å². The molecule has 1 amide bonds. The second-order valence-corrected chi connectivity index (χ2v) is 5.28. The second kappa shape index (κ2) is 4.93. The van der Waals surface area contributed by atoms with Crippen molar-refractivity contribution in [3.63, 3.8) is 0 Å². The average Bonchev–Trinajstić information content (AvgIpc) is 2.43. The maximum absolute atomic E-state index is 12.0. The Bertz CT molecular complexity index is 793. The van der Waals surface area contributed by atoms with Gasteiger partial charge in [-0.05, 0) is 43.5 Å². The summed E-state index contributed by atoms with van der Waals surface area (Å²) in [6, 6.07) is 14.1. The zero-order chi connectivity index (χ0) is 14.1. The van der Waals surface area contributed by atoms with Crippen molar-refractivity contribution >= 4 is 22.2 Å². The number of pyridine rings is 2. The largest absolute Gasteiger partial charge is 0.350 e. The molecule has 0 radical (unpaired) electrons. The predicted octanol–water partition coefficient (Wildman–Crippen LogP) is 2.72. The molecule has 2 heterocycles. The Morgan fingerprint density at radius 1 is 1.10 bits per heavy atom. The first kappa shape index (κ1) is 12.6. The van der Waals surface area contributed by atoms with E-state index in [0.29, 0.717) is 5.56 Å². The summed E-state index contributed by atoms with van der Waals surface area (Å²) in [6.45, 7) is 3.92. The molecule has 0 bridgehead atoms. The molecular weight excluding hydrogens is 248 g/mol. The molecule has 1 aromatic carbocycles. The molecule has 0 aliphatic rings. The summed E-state index contributed by atoms with van der Waals surface area (Å²) in [4.78, 5) is 12.0. The number of hydrogen-bond donors (Lipinski definition) is 1. The fraction of sp³-hybridized carbons (Fsp3) is 0.176. The van der Waals surface area contributed by atoms with Gasteiger partial charge in [-0.25, -0.2) is 0 Å². The van der Waals surface area contributed by atoms with Crippen molar-refractivity contribution in [2.75, 3.05) is 0 Å². The van der Waals surface area contributed by atoms with Crippen molar-refractivity contribution in [2.24, 2.45) is 0 Å². The van der Waals surface area contributed by atoms with Crippen LogP contribution >= 0.6 is 0 Å². The van der Waals surface area contributed by atoms with E-state index in [1.807, 2.05) is 50.4 Å². The molecule has 0 spiro atoms. The van der Waals surface area contributed by atoms with Crippen LogP contribution in [0.1, 0.15) is 24.2 Å². The summed E-state index contributed by atoms with van der Waals surface area (Å²) in [6.07, 6.45) is 4.10. The van der Waals surface area contributed by atoms with Gasteiger partial charge in [0, 0.05) is 35.2 Å². The average molecular weight is 265 g/mol. The fourth-order valence-corrected chi connectivity index (χ4v) is 2.32. The van der Waals surface area contributed by atoms with Crippen molar-refractivity contribution < 1.29 is 9.20 Å². The Labute approximate surface area is 117 Å². The Morgan fingerprint density at radius 2 is 1.95 bits per heavy atom. The molecule has 3 nitrogen and oxygen atoms in total. The van der Waals surface area contributed by atoms with Crippen molar-refractivity contribution in [1.82, 2.24) is 5.32 Å². The highest BCUT2D eigenvalue weighted by Crippen LogP contribution is 2.16. The van der Waals surface area contributed by atoms with Gasteiger partial charge in [0.05, 0.1) is 0 Å². The van der Waals surface area contributed by atoms with Crippen LogP contribution in [0.2, 0.25) is 0 Å². The Hall–Kier alpha value is -2.42. The zero-order valence-corrected chi connectivity index (χ0v) is 11.6. The Morgan fingerprint density at radius 3 is 2.75 bits per heavy atom. The smallest absolute Gasteiger partial charge is 0.251 e. The summed E-state index contributed by atoms with van der Waals surface area (Å²) in [5.74, 6) is -0.0253. The third-order valence-electron chi connectivity index (χ3n) is 3.27. The van der Waals surface area contributed by atoms with Gasteiger partial charge < -0.3 is 5.32 Å². The zero-order valence-electron chi connectivity index (χ0n) is 11.6. The van der Waals surface area contributed by atoms with E-state index >= 15 is 0 Å². The summed E-state index contributed by atoms with van der Waals surface area (Å²) in [5.41, 5.74) is 1.81. The van der Waals surface area contributed by atoms with E-state index < -0.39 is 0 Å². The van der Waals surface area contributed by atoms with E-state index in [1.54, 1.807) is 0 Å². The van der Waals surface area contributed by atoms with Crippen molar-refractivity contribution in [1.29, 1.82) is 0 Å². The number of benzene rings is 1. The lowest BCUT2D eigenvalue weighted by atomic mass is 10.1. The van der Waals surface area contributed by atoms with Crippen LogP contribution in [0.25, 0.3) is 16.3 Å².